The van der Waals surface area contributed by atoms with Crippen molar-refractivity contribution in [3.8, 4) is 10.6 Å². The molecule has 3 N–H and O–H groups in total. The van der Waals surface area contributed by atoms with Crippen molar-refractivity contribution >= 4 is 11.3 Å². The van der Waals surface area contributed by atoms with Gasteiger partial charge in [0.2, 0.25) is 0 Å². The van der Waals surface area contributed by atoms with E-state index in [1.807, 2.05) is 6.20 Å². The zero-order chi connectivity index (χ0) is 13.1. The minimum atomic E-state index is -0.0811. The van der Waals surface area contributed by atoms with Crippen LogP contribution in [0, 0.1) is 5.92 Å². The second-order valence-electron chi connectivity index (χ2n) is 5.21. The number of H-pyrrole nitrogens is 1. The molecule has 0 saturated heterocycles. The summed E-state index contributed by atoms with van der Waals surface area (Å²) in [5.74, 6) is 0.618. The van der Waals surface area contributed by atoms with E-state index in [0.717, 1.165) is 38.0 Å². The normalized spacial score (nSPS) is 23.0. The average molecular weight is 277 g/mol. The van der Waals surface area contributed by atoms with Crippen LogP contribution in [0.4, 0.5) is 0 Å². The Labute approximate surface area is 116 Å². The van der Waals surface area contributed by atoms with Crippen molar-refractivity contribution in [2.45, 2.75) is 31.9 Å². The average Bonchev–Trinajstić information content (AvgIpc) is 3.09. The van der Waals surface area contributed by atoms with Crippen LogP contribution in [0.2, 0.25) is 0 Å². The number of aliphatic hydroxyl groups is 1. The number of aliphatic hydroxyl groups excluding tert-OH is 1. The Morgan fingerprint density at radius 1 is 1.47 bits per heavy atom. The number of nitrogens with one attached hydrogen (secondary N) is 2. The lowest BCUT2D eigenvalue weighted by molar-refractivity contribution is 0.177. The second-order valence-corrected chi connectivity index (χ2v) is 6.16. The van der Waals surface area contributed by atoms with Crippen LogP contribution < -0.4 is 5.32 Å². The molecule has 1 aliphatic carbocycles. The van der Waals surface area contributed by atoms with E-state index in [-0.39, 0.29) is 6.10 Å². The highest BCUT2D eigenvalue weighted by Crippen LogP contribution is 2.27. The van der Waals surface area contributed by atoms with Crippen LogP contribution in [0.15, 0.2) is 23.7 Å². The zero-order valence-corrected chi connectivity index (χ0v) is 11.6. The summed E-state index contributed by atoms with van der Waals surface area (Å²) in [5, 5.41) is 22.3. The van der Waals surface area contributed by atoms with Gasteiger partial charge in [0.05, 0.1) is 22.9 Å². The summed E-state index contributed by atoms with van der Waals surface area (Å²) in [6, 6.07) is 4.16. The molecule has 2 unspecified atom stereocenters. The number of rotatable bonds is 5. The van der Waals surface area contributed by atoms with Gasteiger partial charge in [0, 0.05) is 12.1 Å². The van der Waals surface area contributed by atoms with E-state index in [1.165, 1.54) is 10.4 Å². The molecular weight excluding hydrogens is 258 g/mol. The monoisotopic (exact) mass is 277 g/mol. The maximum atomic E-state index is 9.51. The first-order valence-electron chi connectivity index (χ1n) is 6.78. The molecule has 0 radical (unpaired) electrons. The van der Waals surface area contributed by atoms with Crippen LogP contribution >= 0.6 is 11.3 Å². The molecule has 0 aliphatic heterocycles. The molecule has 1 fully saturated rings. The lowest BCUT2D eigenvalue weighted by Crippen LogP contribution is -2.21. The molecule has 2 heterocycles. The van der Waals surface area contributed by atoms with Crippen LogP contribution in [0.1, 0.15) is 24.8 Å². The predicted molar refractivity (Wildman–Crippen MR) is 77.0 cm³/mol. The van der Waals surface area contributed by atoms with E-state index in [2.05, 4.69) is 33.0 Å². The molecule has 102 valence electrons. The molecule has 4 nitrogen and oxygen atoms in total. The first-order valence-corrected chi connectivity index (χ1v) is 7.66. The molecule has 1 saturated carbocycles. The quantitative estimate of drug-likeness (QED) is 0.786. The third-order valence-electron chi connectivity index (χ3n) is 3.75. The van der Waals surface area contributed by atoms with Crippen LogP contribution in [0.5, 0.6) is 0 Å². The SMILES string of the molecule is OC1CCC(CNCc2cn[nH]c2-c2cccs2)C1. The van der Waals surface area contributed by atoms with E-state index >= 15 is 0 Å². The summed E-state index contributed by atoms with van der Waals surface area (Å²) in [7, 11) is 0. The fourth-order valence-corrected chi connectivity index (χ4v) is 3.48. The maximum absolute atomic E-state index is 9.51. The fourth-order valence-electron chi connectivity index (χ4n) is 2.72. The number of aromatic amines is 1. The van der Waals surface area contributed by atoms with Crippen molar-refractivity contribution in [3.63, 3.8) is 0 Å². The lowest BCUT2D eigenvalue weighted by atomic mass is 10.1. The highest BCUT2D eigenvalue weighted by atomic mass is 32.1. The topological polar surface area (TPSA) is 60.9 Å². The fraction of sp³-hybridized carbons (Fsp3) is 0.500. The van der Waals surface area contributed by atoms with Crippen molar-refractivity contribution in [2.75, 3.05) is 6.54 Å². The molecule has 2 aromatic heterocycles. The first kappa shape index (κ1) is 12.8. The van der Waals surface area contributed by atoms with E-state index in [4.69, 9.17) is 0 Å². The largest absolute Gasteiger partial charge is 0.393 e. The Hall–Kier alpha value is -1.17. The van der Waals surface area contributed by atoms with Gasteiger partial charge < -0.3 is 10.4 Å². The van der Waals surface area contributed by atoms with Crippen molar-refractivity contribution < 1.29 is 5.11 Å². The first-order chi connectivity index (χ1) is 9.33. The minimum Gasteiger partial charge on any atom is -0.393 e. The van der Waals surface area contributed by atoms with Gasteiger partial charge in [0.15, 0.2) is 0 Å². The lowest BCUT2D eigenvalue weighted by Gasteiger charge is -2.10. The molecule has 1 aliphatic rings. The smallest absolute Gasteiger partial charge is 0.0794 e. The van der Waals surface area contributed by atoms with Crippen molar-refractivity contribution in [2.24, 2.45) is 5.92 Å². The van der Waals surface area contributed by atoms with E-state index < -0.39 is 0 Å². The highest BCUT2D eigenvalue weighted by molar-refractivity contribution is 7.13. The Balaban J connectivity index is 1.55. The van der Waals surface area contributed by atoms with Gasteiger partial charge in [-0.05, 0) is 43.2 Å². The van der Waals surface area contributed by atoms with Gasteiger partial charge in [-0.1, -0.05) is 6.07 Å². The van der Waals surface area contributed by atoms with Crippen LogP contribution in [0.3, 0.4) is 0 Å². The molecule has 0 spiro atoms. The second kappa shape index (κ2) is 5.86. The molecule has 5 heteroatoms. The summed E-state index contributed by atoms with van der Waals surface area (Å²) in [4.78, 5) is 1.23. The van der Waals surface area contributed by atoms with E-state index in [0.29, 0.717) is 5.92 Å². The molecule has 2 aromatic rings. The van der Waals surface area contributed by atoms with E-state index in [1.54, 1.807) is 11.3 Å². The number of hydrogen-bond acceptors (Lipinski definition) is 4. The van der Waals surface area contributed by atoms with Gasteiger partial charge in [0.25, 0.3) is 0 Å². The van der Waals surface area contributed by atoms with Crippen LogP contribution in [0.25, 0.3) is 10.6 Å². The minimum absolute atomic E-state index is 0.0811. The number of thiophene rings is 1. The van der Waals surface area contributed by atoms with Gasteiger partial charge in [-0.25, -0.2) is 0 Å². The summed E-state index contributed by atoms with van der Waals surface area (Å²) >= 11 is 1.72. The summed E-state index contributed by atoms with van der Waals surface area (Å²) < 4.78 is 0. The van der Waals surface area contributed by atoms with Gasteiger partial charge >= 0.3 is 0 Å². The molecule has 0 bridgehead atoms. The highest BCUT2D eigenvalue weighted by Gasteiger charge is 2.22. The molecule has 0 amide bonds. The Bertz CT molecular complexity index is 509. The van der Waals surface area contributed by atoms with E-state index in [9.17, 15) is 5.11 Å². The van der Waals surface area contributed by atoms with Crippen LogP contribution in [-0.2, 0) is 6.54 Å². The van der Waals surface area contributed by atoms with Gasteiger partial charge in [-0.2, -0.15) is 5.10 Å². The Morgan fingerprint density at radius 2 is 2.42 bits per heavy atom. The Kier molecular flexibility index (Phi) is 3.96. The summed E-state index contributed by atoms with van der Waals surface area (Å²) in [5.41, 5.74) is 2.33. The molecule has 0 aromatic carbocycles. The summed E-state index contributed by atoms with van der Waals surface area (Å²) in [6.45, 7) is 1.81. The number of hydrogen-bond donors (Lipinski definition) is 3. The molecular formula is C14H19N3OS. The summed E-state index contributed by atoms with van der Waals surface area (Å²) in [6.07, 6.45) is 4.85. The van der Waals surface area contributed by atoms with Gasteiger partial charge in [-0.3, -0.25) is 5.10 Å². The number of nitrogens with zero attached hydrogens (tertiary/aromatic N) is 1. The molecule has 2 atom stereocenters. The number of aromatic nitrogens is 2. The van der Waals surface area contributed by atoms with Crippen molar-refractivity contribution in [1.29, 1.82) is 0 Å². The van der Waals surface area contributed by atoms with Crippen molar-refractivity contribution in [3.05, 3.63) is 29.3 Å². The molecule has 19 heavy (non-hydrogen) atoms. The standard InChI is InChI=1S/C14H19N3OS/c18-12-4-3-10(6-12)7-15-8-11-9-16-17-14(11)13-2-1-5-19-13/h1-2,5,9-10,12,15,18H,3-4,6-8H2,(H,16,17). The third kappa shape index (κ3) is 3.05. The predicted octanol–water partition coefficient (Wildman–Crippen LogP) is 2.39. The van der Waals surface area contributed by atoms with Gasteiger partial charge in [-0.15, -0.1) is 11.3 Å². The maximum Gasteiger partial charge on any atom is 0.0794 e. The van der Waals surface area contributed by atoms with Crippen LogP contribution in [-0.4, -0.2) is 28.0 Å². The van der Waals surface area contributed by atoms with Gasteiger partial charge in [0.1, 0.15) is 0 Å². The molecule has 3 rings (SSSR count). The van der Waals surface area contributed by atoms with Crippen molar-refractivity contribution in [1.82, 2.24) is 15.5 Å². The third-order valence-corrected chi connectivity index (χ3v) is 4.63. The zero-order valence-electron chi connectivity index (χ0n) is 10.8. The Morgan fingerprint density at radius 3 is 3.16 bits per heavy atom.